The average Bonchev–Trinajstić information content (AvgIpc) is 2.83. The fourth-order valence-corrected chi connectivity index (χ4v) is 5.55. The Balaban J connectivity index is 1.28. The first kappa shape index (κ1) is 24.1. The van der Waals surface area contributed by atoms with E-state index >= 15 is 0 Å². The van der Waals surface area contributed by atoms with Gasteiger partial charge in [0.1, 0.15) is 5.75 Å². The van der Waals surface area contributed by atoms with E-state index in [1.54, 1.807) is 12.1 Å². The lowest BCUT2D eigenvalue weighted by Gasteiger charge is -2.22. The number of fused-ring (bicyclic) bond motifs is 1. The third kappa shape index (κ3) is 6.31. The van der Waals surface area contributed by atoms with Crippen LogP contribution in [0, 0.1) is 0 Å². The van der Waals surface area contributed by atoms with Crippen LogP contribution in [0.25, 0.3) is 10.8 Å². The molecule has 1 fully saturated rings. The van der Waals surface area contributed by atoms with Crippen molar-refractivity contribution in [2.75, 3.05) is 11.9 Å². The highest BCUT2D eigenvalue weighted by Gasteiger charge is 2.21. The lowest BCUT2D eigenvalue weighted by Crippen LogP contribution is -2.37. The van der Waals surface area contributed by atoms with Gasteiger partial charge in [0.25, 0.3) is 5.91 Å². The van der Waals surface area contributed by atoms with Gasteiger partial charge >= 0.3 is 0 Å². The van der Waals surface area contributed by atoms with E-state index in [1.807, 2.05) is 42.5 Å². The second kappa shape index (κ2) is 10.9. The summed E-state index contributed by atoms with van der Waals surface area (Å²) in [6.45, 7) is -0.195. The first-order valence-corrected chi connectivity index (χ1v) is 13.1. The Morgan fingerprint density at radius 2 is 1.65 bits per heavy atom. The molecular formula is C25H27N3O4S2. The lowest BCUT2D eigenvalue weighted by molar-refractivity contribution is -0.121. The zero-order chi connectivity index (χ0) is 24.0. The smallest absolute Gasteiger partial charge is 0.264 e. The van der Waals surface area contributed by atoms with Crippen molar-refractivity contribution in [2.24, 2.45) is 0 Å². The van der Waals surface area contributed by atoms with Crippen LogP contribution >= 0.6 is 12.2 Å². The van der Waals surface area contributed by atoms with Crippen LogP contribution in [0.4, 0.5) is 5.69 Å². The standard InChI is InChI=1S/C25H27N3O4S2/c29-24(17-32-23-12-6-8-18-7-4-5-11-22(18)23)27-25(33)26-19-13-15-21(16-14-19)34(30,31)28-20-9-2-1-3-10-20/h4-8,11-16,20,28H,1-3,9-10,17H2,(H2,26,27,29,33). The van der Waals surface area contributed by atoms with Gasteiger partial charge in [0.15, 0.2) is 11.7 Å². The molecule has 34 heavy (non-hydrogen) atoms. The summed E-state index contributed by atoms with van der Waals surface area (Å²) < 4.78 is 33.7. The van der Waals surface area contributed by atoms with Crippen molar-refractivity contribution < 1.29 is 17.9 Å². The van der Waals surface area contributed by atoms with Gasteiger partial charge in [-0.15, -0.1) is 0 Å². The molecule has 9 heteroatoms. The quantitative estimate of drug-likeness (QED) is 0.420. The summed E-state index contributed by atoms with van der Waals surface area (Å²) in [5, 5.41) is 7.51. The minimum atomic E-state index is -3.57. The first-order chi connectivity index (χ1) is 16.4. The van der Waals surface area contributed by atoms with Crippen LogP contribution < -0.4 is 20.1 Å². The van der Waals surface area contributed by atoms with E-state index in [9.17, 15) is 13.2 Å². The molecule has 1 aliphatic rings. The van der Waals surface area contributed by atoms with Gasteiger partial charge in [-0.05, 0) is 60.8 Å². The van der Waals surface area contributed by atoms with Crippen LogP contribution in [0.5, 0.6) is 5.75 Å². The highest BCUT2D eigenvalue weighted by atomic mass is 32.2. The van der Waals surface area contributed by atoms with Gasteiger partial charge < -0.3 is 10.1 Å². The summed E-state index contributed by atoms with van der Waals surface area (Å²) in [4.78, 5) is 12.5. The van der Waals surface area contributed by atoms with Gasteiger partial charge in [0.05, 0.1) is 4.90 Å². The molecule has 1 saturated carbocycles. The zero-order valence-electron chi connectivity index (χ0n) is 18.6. The number of rotatable bonds is 7. The van der Waals surface area contributed by atoms with Crippen molar-refractivity contribution in [1.29, 1.82) is 0 Å². The number of hydrogen-bond acceptors (Lipinski definition) is 5. The van der Waals surface area contributed by atoms with Gasteiger partial charge in [-0.2, -0.15) is 0 Å². The number of anilines is 1. The van der Waals surface area contributed by atoms with Crippen molar-refractivity contribution in [2.45, 2.75) is 43.0 Å². The number of thiocarbonyl (C=S) groups is 1. The molecule has 0 radical (unpaired) electrons. The Labute approximate surface area is 204 Å². The molecule has 1 aliphatic carbocycles. The van der Waals surface area contributed by atoms with Gasteiger partial charge in [-0.25, -0.2) is 13.1 Å². The Kier molecular flexibility index (Phi) is 7.77. The van der Waals surface area contributed by atoms with Crippen molar-refractivity contribution in [1.82, 2.24) is 10.0 Å². The Morgan fingerprint density at radius 1 is 0.941 bits per heavy atom. The highest BCUT2D eigenvalue weighted by molar-refractivity contribution is 7.89. The largest absolute Gasteiger partial charge is 0.483 e. The third-order valence-electron chi connectivity index (χ3n) is 5.71. The van der Waals surface area contributed by atoms with E-state index in [0.29, 0.717) is 11.4 Å². The summed E-state index contributed by atoms with van der Waals surface area (Å²) in [6, 6.07) is 19.7. The molecule has 0 saturated heterocycles. The molecule has 0 spiro atoms. The minimum Gasteiger partial charge on any atom is -0.483 e. The number of carbonyl (C=O) groups excluding carboxylic acids is 1. The van der Waals surface area contributed by atoms with E-state index < -0.39 is 15.9 Å². The molecule has 178 valence electrons. The fraction of sp³-hybridized carbons (Fsp3) is 0.280. The van der Waals surface area contributed by atoms with Crippen molar-refractivity contribution in [3.63, 3.8) is 0 Å². The van der Waals surface area contributed by atoms with Gasteiger partial charge in [-0.3, -0.25) is 10.1 Å². The summed E-state index contributed by atoms with van der Waals surface area (Å²) in [5.74, 6) is 0.215. The average molecular weight is 498 g/mol. The SMILES string of the molecule is O=C(COc1cccc2ccccc12)NC(=S)Nc1ccc(S(=O)(=O)NC2CCCCC2)cc1. The van der Waals surface area contributed by atoms with Crippen LogP contribution in [0.3, 0.4) is 0 Å². The maximum atomic E-state index is 12.6. The first-order valence-electron chi connectivity index (χ1n) is 11.2. The monoisotopic (exact) mass is 497 g/mol. The van der Waals surface area contributed by atoms with Crippen molar-refractivity contribution in [3.8, 4) is 5.75 Å². The van der Waals surface area contributed by atoms with E-state index in [4.69, 9.17) is 17.0 Å². The van der Waals surface area contributed by atoms with Gasteiger partial charge in [0, 0.05) is 17.1 Å². The van der Waals surface area contributed by atoms with Crippen LogP contribution in [0.2, 0.25) is 0 Å². The van der Waals surface area contributed by atoms with Gasteiger partial charge in [0.2, 0.25) is 10.0 Å². The number of nitrogens with one attached hydrogen (secondary N) is 3. The molecule has 3 aromatic rings. The molecule has 0 bridgehead atoms. The maximum absolute atomic E-state index is 12.6. The second-order valence-electron chi connectivity index (χ2n) is 8.25. The van der Waals surface area contributed by atoms with Crippen molar-refractivity contribution >= 4 is 49.7 Å². The summed E-state index contributed by atoms with van der Waals surface area (Å²) in [6.07, 6.45) is 5.00. The van der Waals surface area contributed by atoms with E-state index in [2.05, 4.69) is 15.4 Å². The molecule has 0 unspecified atom stereocenters. The molecule has 4 rings (SSSR count). The summed E-state index contributed by atoms with van der Waals surface area (Å²) >= 11 is 5.21. The topological polar surface area (TPSA) is 96.5 Å². The molecule has 0 atom stereocenters. The number of ether oxygens (including phenoxy) is 1. The van der Waals surface area contributed by atoms with Crippen molar-refractivity contribution in [3.05, 3.63) is 66.7 Å². The summed E-state index contributed by atoms with van der Waals surface area (Å²) in [5.41, 5.74) is 0.567. The Bertz CT molecular complexity index is 1270. The molecule has 3 N–H and O–H groups in total. The lowest BCUT2D eigenvalue weighted by atomic mass is 9.96. The minimum absolute atomic E-state index is 0.00423. The van der Waals surface area contributed by atoms with Crippen LogP contribution in [-0.2, 0) is 14.8 Å². The predicted molar refractivity (Wildman–Crippen MR) is 137 cm³/mol. The number of carbonyl (C=O) groups is 1. The number of benzene rings is 3. The molecule has 3 aromatic carbocycles. The maximum Gasteiger partial charge on any atom is 0.264 e. The summed E-state index contributed by atoms with van der Waals surface area (Å²) in [7, 11) is -3.57. The zero-order valence-corrected chi connectivity index (χ0v) is 20.3. The molecule has 7 nitrogen and oxygen atoms in total. The van der Waals surface area contributed by atoms with E-state index in [1.165, 1.54) is 12.1 Å². The fourth-order valence-electron chi connectivity index (χ4n) is 4.02. The Hall–Kier alpha value is -3.01. The van der Waals surface area contributed by atoms with Gasteiger partial charge in [-0.1, -0.05) is 55.7 Å². The Morgan fingerprint density at radius 3 is 2.41 bits per heavy atom. The normalized spacial score (nSPS) is 14.5. The van der Waals surface area contributed by atoms with E-state index in [0.717, 1.165) is 42.9 Å². The second-order valence-corrected chi connectivity index (χ2v) is 10.4. The molecule has 0 heterocycles. The molecular weight excluding hydrogens is 470 g/mol. The molecule has 0 aliphatic heterocycles. The van der Waals surface area contributed by atoms with Crippen LogP contribution in [-0.4, -0.2) is 32.1 Å². The van der Waals surface area contributed by atoms with Crippen LogP contribution in [0.1, 0.15) is 32.1 Å². The molecule has 0 aromatic heterocycles. The highest BCUT2D eigenvalue weighted by Crippen LogP contribution is 2.25. The number of sulfonamides is 1. The predicted octanol–water partition coefficient (Wildman–Crippen LogP) is 4.34. The number of hydrogen-bond donors (Lipinski definition) is 3. The number of amides is 1. The van der Waals surface area contributed by atoms with E-state index in [-0.39, 0.29) is 22.7 Å². The van der Waals surface area contributed by atoms with Crippen LogP contribution in [0.15, 0.2) is 71.6 Å². The third-order valence-corrected chi connectivity index (χ3v) is 7.45. The molecule has 1 amide bonds.